The van der Waals surface area contributed by atoms with Crippen molar-refractivity contribution in [2.24, 2.45) is 5.73 Å². The number of nitrogens with zero attached hydrogens (tertiary/aromatic N) is 5. The van der Waals surface area contributed by atoms with E-state index in [1.165, 1.54) is 22.8 Å². The Kier molecular flexibility index (Phi) is 15.5. The van der Waals surface area contributed by atoms with Crippen LogP contribution in [-0.2, 0) is 41.7 Å². The van der Waals surface area contributed by atoms with Crippen molar-refractivity contribution in [3.05, 3.63) is 42.2 Å². The average Bonchev–Trinajstić information content (AvgIpc) is 3.42. The molecule has 0 spiro atoms. The maximum atomic E-state index is 13.3. The summed E-state index contributed by atoms with van der Waals surface area (Å²) in [4.78, 5) is 75.7. The van der Waals surface area contributed by atoms with Crippen LogP contribution in [0.1, 0.15) is 39.7 Å². The van der Waals surface area contributed by atoms with Crippen molar-refractivity contribution in [2.45, 2.75) is 52.9 Å². The summed E-state index contributed by atoms with van der Waals surface area (Å²) >= 11 is 0. The first-order valence-electron chi connectivity index (χ1n) is 15.0. The van der Waals surface area contributed by atoms with E-state index in [0.29, 0.717) is 0 Å². The van der Waals surface area contributed by atoms with Crippen molar-refractivity contribution in [3.8, 4) is 0 Å². The molecule has 262 valence electrons. The summed E-state index contributed by atoms with van der Waals surface area (Å²) in [6.45, 7) is 6.33. The van der Waals surface area contributed by atoms with E-state index in [4.69, 9.17) is 19.9 Å². The highest BCUT2D eigenvalue weighted by Gasteiger charge is 2.22. The smallest absolute Gasteiger partial charge is 0.407 e. The van der Waals surface area contributed by atoms with Gasteiger partial charge in [0.25, 0.3) is 0 Å². The molecule has 2 aromatic heterocycles. The summed E-state index contributed by atoms with van der Waals surface area (Å²) < 4.78 is 16.7. The maximum Gasteiger partial charge on any atom is 0.407 e. The van der Waals surface area contributed by atoms with Crippen molar-refractivity contribution in [3.63, 3.8) is 0 Å². The van der Waals surface area contributed by atoms with Gasteiger partial charge < -0.3 is 51.1 Å². The van der Waals surface area contributed by atoms with Crippen molar-refractivity contribution >= 4 is 52.9 Å². The highest BCUT2D eigenvalue weighted by Crippen LogP contribution is 2.20. The summed E-state index contributed by atoms with van der Waals surface area (Å²) in [5.74, 6) is -1.81. The molecule has 0 fully saturated rings. The van der Waals surface area contributed by atoms with Gasteiger partial charge in [-0.25, -0.2) is 14.6 Å². The number of amides is 4. The van der Waals surface area contributed by atoms with Crippen molar-refractivity contribution in [1.29, 1.82) is 0 Å². The lowest BCUT2D eigenvalue weighted by molar-refractivity contribution is -0.149. The minimum absolute atomic E-state index is 0.00874. The van der Waals surface area contributed by atoms with E-state index in [0.717, 1.165) is 5.56 Å². The molecule has 2 heterocycles. The van der Waals surface area contributed by atoms with Crippen LogP contribution in [0.15, 0.2) is 36.7 Å². The Bertz CT molecular complexity index is 1530. The lowest BCUT2D eigenvalue weighted by atomic mass is 10.2. The van der Waals surface area contributed by atoms with E-state index < -0.39 is 35.6 Å². The zero-order chi connectivity index (χ0) is 35.7. The second-order valence-electron chi connectivity index (χ2n) is 10.8. The van der Waals surface area contributed by atoms with Gasteiger partial charge in [-0.15, -0.1) is 0 Å². The molecule has 4 amide bonds. The van der Waals surface area contributed by atoms with Crippen LogP contribution in [0.2, 0.25) is 0 Å². The van der Waals surface area contributed by atoms with E-state index in [-0.39, 0.29) is 75.3 Å². The monoisotopic (exact) mass is 672 g/mol. The maximum absolute atomic E-state index is 13.3. The molecule has 0 unspecified atom stereocenters. The minimum atomic E-state index is -0.706. The van der Waals surface area contributed by atoms with Gasteiger partial charge in [-0.05, 0) is 40.3 Å². The van der Waals surface area contributed by atoms with Crippen molar-refractivity contribution in [1.82, 2.24) is 35.1 Å². The van der Waals surface area contributed by atoms with Gasteiger partial charge in [0.15, 0.2) is 17.0 Å². The Hall–Kier alpha value is -5.52. The normalized spacial score (nSPS) is 10.6. The number of hydrogen-bond acceptors (Lipinski definition) is 13. The number of rotatable bonds is 14. The summed E-state index contributed by atoms with van der Waals surface area (Å²) in [6, 6.07) is 9.14. The molecule has 3 rings (SSSR count). The molecule has 7 N–H and O–H groups in total. The molecule has 0 saturated carbocycles. The molecule has 1 aromatic carbocycles. The summed E-state index contributed by atoms with van der Waals surface area (Å²) in [5, 5.41) is 7.65. The number of imidazole rings is 1. The van der Waals surface area contributed by atoms with E-state index in [9.17, 15) is 24.0 Å². The van der Waals surface area contributed by atoms with Crippen LogP contribution in [0.25, 0.3) is 11.2 Å². The molecular weight excluding hydrogens is 628 g/mol. The number of hydrogen-bond donors (Lipinski definition) is 5. The number of nitrogens with one attached hydrogen (secondary N) is 3. The van der Waals surface area contributed by atoms with Crippen molar-refractivity contribution in [2.75, 3.05) is 50.9 Å². The first kappa shape index (κ1) is 38.7. The van der Waals surface area contributed by atoms with Crippen molar-refractivity contribution < 1.29 is 38.2 Å². The molecule has 0 aliphatic heterocycles. The third kappa shape index (κ3) is 13.5. The first-order valence-corrected chi connectivity index (χ1v) is 15.0. The van der Waals surface area contributed by atoms with E-state index in [1.54, 1.807) is 27.7 Å². The predicted molar refractivity (Wildman–Crippen MR) is 175 cm³/mol. The molecular formula is C30H44N10O8. The number of anilines is 2. The number of fused-ring (bicyclic) bond motifs is 1. The number of benzene rings is 1. The molecule has 0 bridgehead atoms. The molecule has 48 heavy (non-hydrogen) atoms. The van der Waals surface area contributed by atoms with E-state index >= 15 is 0 Å². The fourth-order valence-corrected chi connectivity index (χ4v) is 3.92. The Morgan fingerprint density at radius 2 is 1.65 bits per heavy atom. The van der Waals surface area contributed by atoms with Gasteiger partial charge in [0, 0.05) is 26.1 Å². The highest BCUT2D eigenvalue weighted by molar-refractivity contribution is 5.97. The summed E-state index contributed by atoms with van der Waals surface area (Å²) in [7, 11) is 1.50. The lowest BCUT2D eigenvalue weighted by Gasteiger charge is -2.23. The minimum Gasteiger partial charge on any atom is -0.465 e. The zero-order valence-electron chi connectivity index (χ0n) is 27.8. The van der Waals surface area contributed by atoms with Gasteiger partial charge in [0.05, 0.1) is 12.9 Å². The molecule has 18 nitrogen and oxygen atoms in total. The topological polar surface area (TPSA) is 248 Å². The Labute approximate surface area is 277 Å². The molecule has 18 heteroatoms. The fourth-order valence-electron chi connectivity index (χ4n) is 3.92. The number of carbonyl (C=O) groups excluding carboxylic acids is 5. The second-order valence-corrected chi connectivity index (χ2v) is 10.8. The third-order valence-electron chi connectivity index (χ3n) is 5.91. The number of nitrogens with two attached hydrogens (primary N) is 2. The van der Waals surface area contributed by atoms with Crippen LogP contribution in [0, 0.1) is 0 Å². The van der Waals surface area contributed by atoms with Gasteiger partial charge in [0.1, 0.15) is 25.3 Å². The van der Waals surface area contributed by atoms with Gasteiger partial charge in [-0.3, -0.25) is 14.4 Å². The number of alkyl carbamates (subject to hydrolysis) is 2. The van der Waals surface area contributed by atoms with Crippen LogP contribution < -0.4 is 27.4 Å². The number of nitrogen functional groups attached to an aromatic ring is 1. The third-order valence-corrected chi connectivity index (χ3v) is 5.91. The van der Waals surface area contributed by atoms with E-state index in [2.05, 4.69) is 36.6 Å². The Morgan fingerprint density at radius 1 is 0.958 bits per heavy atom. The number of carbonyl (C=O) groups is 5. The average molecular weight is 673 g/mol. The van der Waals surface area contributed by atoms with Crippen LogP contribution in [0.4, 0.5) is 21.4 Å². The van der Waals surface area contributed by atoms with E-state index in [1.807, 2.05) is 30.3 Å². The van der Waals surface area contributed by atoms with Crippen LogP contribution in [0.3, 0.4) is 0 Å². The van der Waals surface area contributed by atoms with Gasteiger partial charge >= 0.3 is 18.2 Å². The van der Waals surface area contributed by atoms with Crippen LogP contribution in [0.5, 0.6) is 0 Å². The fraction of sp³-hybridized carbons (Fsp3) is 0.467. The zero-order valence-corrected chi connectivity index (χ0v) is 27.8. The SMILES string of the molecule is CCOC(=O)CN(CCNC(=O)OC(C)(C)C)C(=O)Cn1cnc2c(NC(=O)CCNC(=O)OCc3ccccc3)nc(N)nc21.CN. The molecule has 0 saturated heterocycles. The Balaban J connectivity index is 0.00000392. The molecule has 3 aromatic rings. The summed E-state index contributed by atoms with van der Waals surface area (Å²) in [5.41, 5.74) is 10.8. The number of aromatic nitrogens is 4. The second kappa shape index (κ2) is 19.2. The van der Waals surface area contributed by atoms with Gasteiger partial charge in [-0.1, -0.05) is 30.3 Å². The molecule has 0 aliphatic rings. The first-order chi connectivity index (χ1) is 22.8. The quantitative estimate of drug-likeness (QED) is 0.119. The van der Waals surface area contributed by atoms with Crippen LogP contribution >= 0.6 is 0 Å². The van der Waals surface area contributed by atoms with Gasteiger partial charge in [-0.2, -0.15) is 9.97 Å². The molecule has 0 atom stereocenters. The number of esters is 1. The predicted octanol–water partition coefficient (Wildman–Crippen LogP) is 1.15. The lowest BCUT2D eigenvalue weighted by Crippen LogP contribution is -2.44. The number of ether oxygens (including phenoxy) is 3. The Morgan fingerprint density at radius 3 is 2.31 bits per heavy atom. The largest absolute Gasteiger partial charge is 0.465 e. The van der Waals surface area contributed by atoms with Crippen LogP contribution in [-0.4, -0.2) is 99.8 Å². The van der Waals surface area contributed by atoms with Gasteiger partial charge in [0.2, 0.25) is 17.8 Å². The standard InChI is InChI=1S/C29H39N9O8.CH5N/c1-5-44-22(41)16-37(14-13-32-28(43)46-29(2,3)4)21(40)15-38-18-33-23-24(35-26(30)36-25(23)38)34-20(39)11-12-31-27(42)45-17-19-9-7-6-8-10-19;1-2/h6-10,18H,5,11-17H2,1-4H3,(H,31,42)(H,32,43)(H3,30,34,35,36,39);2H2,1H3. The highest BCUT2D eigenvalue weighted by atomic mass is 16.6. The summed E-state index contributed by atoms with van der Waals surface area (Å²) in [6.07, 6.45) is -0.132. The molecule has 0 radical (unpaired) electrons. The molecule has 0 aliphatic carbocycles.